The lowest BCUT2D eigenvalue weighted by Crippen LogP contribution is -2.36. The van der Waals surface area contributed by atoms with Gasteiger partial charge in [0, 0.05) is 36.8 Å². The standard InChI is InChI=1S/C19H25N3O2S/c1-23-16-5-2-4-15(12-16)18-6-3-7-22(18)14-17-13-20-19(25-17)21-8-10-24-11-9-21/h2,4-5,12-13,18H,3,6-11,14H2,1H3. The van der Waals surface area contributed by atoms with Crippen molar-refractivity contribution in [2.45, 2.75) is 25.4 Å². The zero-order chi connectivity index (χ0) is 17.1. The van der Waals surface area contributed by atoms with Crippen molar-refractivity contribution in [3.05, 3.63) is 40.9 Å². The quantitative estimate of drug-likeness (QED) is 0.819. The Kier molecular flexibility index (Phi) is 5.20. The fraction of sp³-hybridized carbons (Fsp3) is 0.526. The molecule has 1 atom stereocenters. The Bertz CT molecular complexity index is 699. The Morgan fingerprint density at radius 3 is 3.00 bits per heavy atom. The van der Waals surface area contributed by atoms with Crippen LogP contribution in [0.15, 0.2) is 30.5 Å². The van der Waals surface area contributed by atoms with Crippen molar-refractivity contribution in [1.29, 1.82) is 0 Å². The summed E-state index contributed by atoms with van der Waals surface area (Å²) in [6.07, 6.45) is 4.51. The molecule has 0 spiro atoms. The van der Waals surface area contributed by atoms with Crippen LogP contribution in [0.1, 0.15) is 29.3 Å². The number of anilines is 1. The molecule has 3 heterocycles. The largest absolute Gasteiger partial charge is 0.497 e. The number of rotatable bonds is 5. The van der Waals surface area contributed by atoms with Crippen LogP contribution in [0.25, 0.3) is 0 Å². The Labute approximate surface area is 153 Å². The second-order valence-electron chi connectivity index (χ2n) is 6.61. The fourth-order valence-electron chi connectivity index (χ4n) is 3.71. The average Bonchev–Trinajstić information content (AvgIpc) is 3.32. The normalized spacial score (nSPS) is 21.6. The molecule has 1 unspecified atom stereocenters. The molecule has 134 valence electrons. The molecule has 2 aliphatic rings. The van der Waals surface area contributed by atoms with Gasteiger partial charge >= 0.3 is 0 Å². The summed E-state index contributed by atoms with van der Waals surface area (Å²) in [6, 6.07) is 8.98. The van der Waals surface area contributed by atoms with Crippen molar-refractivity contribution >= 4 is 16.5 Å². The van der Waals surface area contributed by atoms with Gasteiger partial charge in [-0.25, -0.2) is 4.98 Å². The van der Waals surface area contributed by atoms with Crippen molar-refractivity contribution in [3.63, 3.8) is 0 Å². The molecule has 0 aliphatic carbocycles. The Hall–Kier alpha value is -1.63. The van der Waals surface area contributed by atoms with E-state index in [1.165, 1.54) is 23.3 Å². The highest BCUT2D eigenvalue weighted by Crippen LogP contribution is 2.35. The van der Waals surface area contributed by atoms with Crippen LogP contribution >= 0.6 is 11.3 Å². The number of aromatic nitrogens is 1. The van der Waals surface area contributed by atoms with Crippen molar-refractivity contribution in [2.75, 3.05) is 44.9 Å². The van der Waals surface area contributed by atoms with Gasteiger partial charge in [-0.1, -0.05) is 12.1 Å². The lowest BCUT2D eigenvalue weighted by atomic mass is 10.0. The predicted molar refractivity (Wildman–Crippen MR) is 101 cm³/mol. The highest BCUT2D eigenvalue weighted by molar-refractivity contribution is 7.15. The van der Waals surface area contributed by atoms with E-state index in [0.717, 1.165) is 50.3 Å². The molecule has 25 heavy (non-hydrogen) atoms. The second-order valence-corrected chi connectivity index (χ2v) is 7.71. The van der Waals surface area contributed by atoms with Crippen LogP contribution in [0.4, 0.5) is 5.13 Å². The summed E-state index contributed by atoms with van der Waals surface area (Å²) >= 11 is 1.82. The fourth-order valence-corrected chi connectivity index (χ4v) is 4.70. The molecule has 0 radical (unpaired) electrons. The van der Waals surface area contributed by atoms with Gasteiger partial charge in [-0.05, 0) is 37.1 Å². The maximum Gasteiger partial charge on any atom is 0.185 e. The van der Waals surface area contributed by atoms with Crippen LogP contribution in [0.5, 0.6) is 5.75 Å². The van der Waals surface area contributed by atoms with Gasteiger partial charge < -0.3 is 14.4 Å². The minimum absolute atomic E-state index is 0.476. The Morgan fingerprint density at radius 1 is 1.28 bits per heavy atom. The molecular formula is C19H25N3O2S. The summed E-state index contributed by atoms with van der Waals surface area (Å²) in [5, 5.41) is 1.13. The summed E-state index contributed by atoms with van der Waals surface area (Å²) in [5.41, 5.74) is 1.36. The van der Waals surface area contributed by atoms with Crippen molar-refractivity contribution < 1.29 is 9.47 Å². The third kappa shape index (κ3) is 3.81. The molecule has 2 fully saturated rings. The molecule has 0 saturated carbocycles. The lowest BCUT2D eigenvalue weighted by Gasteiger charge is -2.26. The van der Waals surface area contributed by atoms with Crippen LogP contribution in [0, 0.1) is 0 Å². The first-order valence-electron chi connectivity index (χ1n) is 8.99. The van der Waals surface area contributed by atoms with Crippen LogP contribution in [-0.2, 0) is 11.3 Å². The van der Waals surface area contributed by atoms with Gasteiger partial charge in [0.05, 0.1) is 20.3 Å². The molecule has 4 rings (SSSR count). The third-order valence-electron chi connectivity index (χ3n) is 5.02. The number of nitrogens with zero attached hydrogens (tertiary/aromatic N) is 3. The van der Waals surface area contributed by atoms with Gasteiger partial charge in [0.1, 0.15) is 5.75 Å². The zero-order valence-electron chi connectivity index (χ0n) is 14.7. The molecule has 1 aromatic heterocycles. The summed E-state index contributed by atoms with van der Waals surface area (Å²) in [4.78, 5) is 10.9. The van der Waals surface area contributed by atoms with E-state index in [0.29, 0.717) is 6.04 Å². The molecule has 6 heteroatoms. The predicted octanol–water partition coefficient (Wildman–Crippen LogP) is 3.33. The summed E-state index contributed by atoms with van der Waals surface area (Å²) in [5.74, 6) is 0.941. The molecular weight excluding hydrogens is 334 g/mol. The van der Waals surface area contributed by atoms with E-state index in [2.05, 4.69) is 39.2 Å². The van der Waals surface area contributed by atoms with E-state index in [1.807, 2.05) is 17.4 Å². The summed E-state index contributed by atoms with van der Waals surface area (Å²) in [7, 11) is 1.73. The maximum atomic E-state index is 5.43. The van der Waals surface area contributed by atoms with Crippen LogP contribution in [0.3, 0.4) is 0 Å². The molecule has 0 amide bonds. The number of likely N-dealkylation sites (tertiary alicyclic amines) is 1. The third-order valence-corrected chi connectivity index (χ3v) is 6.07. The first-order valence-corrected chi connectivity index (χ1v) is 9.80. The van der Waals surface area contributed by atoms with Gasteiger partial charge in [-0.2, -0.15) is 0 Å². The van der Waals surface area contributed by atoms with Crippen LogP contribution in [0.2, 0.25) is 0 Å². The number of hydrogen-bond donors (Lipinski definition) is 0. The molecule has 5 nitrogen and oxygen atoms in total. The van der Waals surface area contributed by atoms with Gasteiger partial charge in [-0.3, -0.25) is 4.90 Å². The van der Waals surface area contributed by atoms with Gasteiger partial charge in [0.2, 0.25) is 0 Å². The second kappa shape index (κ2) is 7.72. The molecule has 2 aliphatic heterocycles. The summed E-state index contributed by atoms with van der Waals surface area (Å²) in [6.45, 7) is 5.63. The van der Waals surface area contributed by atoms with E-state index in [4.69, 9.17) is 9.47 Å². The summed E-state index contributed by atoms with van der Waals surface area (Å²) < 4.78 is 10.8. The highest BCUT2D eigenvalue weighted by Gasteiger charge is 2.27. The smallest absolute Gasteiger partial charge is 0.185 e. The lowest BCUT2D eigenvalue weighted by molar-refractivity contribution is 0.122. The Balaban J connectivity index is 1.45. The van der Waals surface area contributed by atoms with E-state index in [-0.39, 0.29) is 0 Å². The zero-order valence-corrected chi connectivity index (χ0v) is 15.5. The maximum absolute atomic E-state index is 5.43. The van der Waals surface area contributed by atoms with E-state index >= 15 is 0 Å². The van der Waals surface area contributed by atoms with Crippen LogP contribution in [-0.4, -0.2) is 49.8 Å². The highest BCUT2D eigenvalue weighted by atomic mass is 32.1. The number of methoxy groups -OCH3 is 1. The minimum Gasteiger partial charge on any atom is -0.497 e. The number of hydrogen-bond acceptors (Lipinski definition) is 6. The molecule has 0 bridgehead atoms. The van der Waals surface area contributed by atoms with E-state index in [1.54, 1.807) is 7.11 Å². The van der Waals surface area contributed by atoms with Crippen LogP contribution < -0.4 is 9.64 Å². The SMILES string of the molecule is COc1cccc(C2CCCN2Cc2cnc(N3CCOCC3)s2)c1. The first-order chi connectivity index (χ1) is 12.3. The van der Waals surface area contributed by atoms with Gasteiger partial charge in [-0.15, -0.1) is 11.3 Å². The molecule has 2 aromatic rings. The number of thiazole rings is 1. The minimum atomic E-state index is 0.476. The topological polar surface area (TPSA) is 37.8 Å². The van der Waals surface area contributed by atoms with Crippen molar-refractivity contribution in [3.8, 4) is 5.75 Å². The molecule has 2 saturated heterocycles. The monoisotopic (exact) mass is 359 g/mol. The first kappa shape index (κ1) is 16.8. The molecule has 1 aromatic carbocycles. The van der Waals surface area contributed by atoms with Gasteiger partial charge in [0.15, 0.2) is 5.13 Å². The van der Waals surface area contributed by atoms with E-state index in [9.17, 15) is 0 Å². The number of benzene rings is 1. The number of ether oxygens (including phenoxy) is 2. The van der Waals surface area contributed by atoms with Gasteiger partial charge in [0.25, 0.3) is 0 Å². The number of morpholine rings is 1. The Morgan fingerprint density at radius 2 is 2.16 bits per heavy atom. The molecule has 0 N–H and O–H groups in total. The van der Waals surface area contributed by atoms with Crippen molar-refractivity contribution in [2.24, 2.45) is 0 Å². The van der Waals surface area contributed by atoms with E-state index < -0.39 is 0 Å². The average molecular weight is 359 g/mol. The van der Waals surface area contributed by atoms with Crippen molar-refractivity contribution in [1.82, 2.24) is 9.88 Å².